The third-order valence-electron chi connectivity index (χ3n) is 4.22. The molecule has 0 aromatic carbocycles. The summed E-state index contributed by atoms with van der Waals surface area (Å²) in [5.74, 6) is -0.473. The average Bonchev–Trinajstić information content (AvgIpc) is 2.97. The van der Waals surface area contributed by atoms with E-state index in [0.29, 0.717) is 24.5 Å². The van der Waals surface area contributed by atoms with E-state index >= 15 is 0 Å². The Hall–Kier alpha value is -2.48. The molecule has 1 fully saturated rings. The molecule has 0 bridgehead atoms. The van der Waals surface area contributed by atoms with Crippen LogP contribution in [0.1, 0.15) is 28.8 Å². The zero-order chi connectivity index (χ0) is 17.5. The standard InChI is InChI=1S/C16H21N5O3/c1-10-7-11(2)21-13(18-10)8-12(19-21)14(22)20-5-6-24-16(3,9-20)15(23)17-4/h7-8H,5-6,9H2,1-4H3,(H,17,23)/t16-/m1/s1. The predicted octanol–water partition coefficient (Wildman–Crippen LogP) is 0.323. The molecule has 1 aliphatic rings. The highest BCUT2D eigenvalue weighted by atomic mass is 16.5. The minimum atomic E-state index is -1.05. The zero-order valence-corrected chi connectivity index (χ0v) is 14.3. The summed E-state index contributed by atoms with van der Waals surface area (Å²) in [6.45, 7) is 6.41. The van der Waals surface area contributed by atoms with Gasteiger partial charge >= 0.3 is 0 Å². The maximum Gasteiger partial charge on any atom is 0.274 e. The van der Waals surface area contributed by atoms with Gasteiger partial charge < -0.3 is 15.0 Å². The summed E-state index contributed by atoms with van der Waals surface area (Å²) in [7, 11) is 1.55. The second-order valence-electron chi connectivity index (χ2n) is 6.22. The Bertz CT molecular complexity index is 815. The van der Waals surface area contributed by atoms with Crippen LogP contribution < -0.4 is 5.32 Å². The van der Waals surface area contributed by atoms with Crippen molar-refractivity contribution in [1.29, 1.82) is 0 Å². The fourth-order valence-corrected chi connectivity index (χ4v) is 3.00. The Balaban J connectivity index is 1.89. The number of rotatable bonds is 2. The molecular weight excluding hydrogens is 310 g/mol. The highest BCUT2D eigenvalue weighted by molar-refractivity contribution is 5.94. The normalized spacial score (nSPS) is 21.1. The lowest BCUT2D eigenvalue weighted by Gasteiger charge is -2.38. The quantitative estimate of drug-likeness (QED) is 0.856. The van der Waals surface area contributed by atoms with Crippen molar-refractivity contribution in [3.8, 4) is 0 Å². The van der Waals surface area contributed by atoms with Crippen LogP contribution in [-0.2, 0) is 9.53 Å². The van der Waals surface area contributed by atoms with Crippen molar-refractivity contribution in [2.45, 2.75) is 26.4 Å². The van der Waals surface area contributed by atoms with Crippen LogP contribution in [0.3, 0.4) is 0 Å². The van der Waals surface area contributed by atoms with Gasteiger partial charge in [0.15, 0.2) is 16.9 Å². The third-order valence-corrected chi connectivity index (χ3v) is 4.22. The molecule has 2 aromatic rings. The van der Waals surface area contributed by atoms with E-state index in [0.717, 1.165) is 11.4 Å². The second-order valence-corrected chi connectivity index (χ2v) is 6.22. The van der Waals surface area contributed by atoms with Gasteiger partial charge in [0.2, 0.25) is 0 Å². The molecule has 128 valence electrons. The molecule has 3 heterocycles. The average molecular weight is 331 g/mol. The van der Waals surface area contributed by atoms with E-state index in [4.69, 9.17) is 4.74 Å². The molecule has 1 N–H and O–H groups in total. The number of nitrogens with zero attached hydrogens (tertiary/aromatic N) is 4. The number of amides is 2. The number of carbonyl (C=O) groups is 2. The Labute approximate surface area is 139 Å². The topological polar surface area (TPSA) is 88.8 Å². The van der Waals surface area contributed by atoms with Crippen molar-refractivity contribution in [2.24, 2.45) is 0 Å². The lowest BCUT2D eigenvalue weighted by molar-refractivity contribution is -0.153. The molecule has 0 spiro atoms. The minimum Gasteiger partial charge on any atom is -0.362 e. The Morgan fingerprint density at radius 3 is 2.79 bits per heavy atom. The van der Waals surface area contributed by atoms with E-state index in [1.807, 2.05) is 19.9 Å². The van der Waals surface area contributed by atoms with Crippen molar-refractivity contribution in [3.63, 3.8) is 0 Å². The lowest BCUT2D eigenvalue weighted by Crippen LogP contribution is -2.58. The van der Waals surface area contributed by atoms with Crippen LogP contribution in [0.5, 0.6) is 0 Å². The smallest absolute Gasteiger partial charge is 0.274 e. The number of aryl methyl sites for hydroxylation is 2. The molecule has 2 aromatic heterocycles. The predicted molar refractivity (Wildman–Crippen MR) is 86.8 cm³/mol. The van der Waals surface area contributed by atoms with E-state index in [9.17, 15) is 9.59 Å². The molecule has 2 amide bonds. The highest BCUT2D eigenvalue weighted by Crippen LogP contribution is 2.20. The summed E-state index contributed by atoms with van der Waals surface area (Å²) in [4.78, 5) is 30.8. The summed E-state index contributed by atoms with van der Waals surface area (Å²) in [5, 5.41) is 6.94. The molecular formula is C16H21N5O3. The van der Waals surface area contributed by atoms with Gasteiger partial charge in [-0.3, -0.25) is 9.59 Å². The second kappa shape index (κ2) is 5.86. The number of hydrogen-bond donors (Lipinski definition) is 1. The van der Waals surface area contributed by atoms with Crippen molar-refractivity contribution in [1.82, 2.24) is 24.8 Å². The van der Waals surface area contributed by atoms with Crippen LogP contribution in [0.25, 0.3) is 5.65 Å². The molecule has 1 saturated heterocycles. The van der Waals surface area contributed by atoms with Gasteiger partial charge in [0.25, 0.3) is 11.8 Å². The SMILES string of the molecule is CNC(=O)[C@@]1(C)CN(C(=O)c2cc3nc(C)cc(C)n3n2)CCO1. The molecule has 0 aliphatic carbocycles. The molecule has 24 heavy (non-hydrogen) atoms. The molecule has 1 atom stereocenters. The van der Waals surface area contributed by atoms with E-state index in [1.165, 1.54) is 0 Å². The number of morpholine rings is 1. The maximum atomic E-state index is 12.8. The van der Waals surface area contributed by atoms with Crippen LogP contribution in [0.4, 0.5) is 0 Å². The first-order valence-electron chi connectivity index (χ1n) is 7.83. The summed E-state index contributed by atoms with van der Waals surface area (Å²) in [6, 6.07) is 3.58. The number of hydrogen-bond acceptors (Lipinski definition) is 5. The van der Waals surface area contributed by atoms with Gasteiger partial charge in [-0.2, -0.15) is 5.10 Å². The first kappa shape index (κ1) is 16.4. The van der Waals surface area contributed by atoms with Crippen molar-refractivity contribution < 1.29 is 14.3 Å². The monoisotopic (exact) mass is 331 g/mol. The van der Waals surface area contributed by atoms with Gasteiger partial charge in [-0.1, -0.05) is 0 Å². The van der Waals surface area contributed by atoms with Gasteiger partial charge in [-0.15, -0.1) is 0 Å². The molecule has 0 radical (unpaired) electrons. The molecule has 8 heteroatoms. The van der Waals surface area contributed by atoms with Gasteiger partial charge in [0, 0.05) is 31.0 Å². The van der Waals surface area contributed by atoms with Crippen molar-refractivity contribution in [3.05, 3.63) is 29.2 Å². The first-order chi connectivity index (χ1) is 11.3. The first-order valence-corrected chi connectivity index (χ1v) is 7.83. The fraction of sp³-hybridized carbons (Fsp3) is 0.500. The minimum absolute atomic E-state index is 0.185. The fourth-order valence-electron chi connectivity index (χ4n) is 3.00. The summed E-state index contributed by atoms with van der Waals surface area (Å²) in [6.07, 6.45) is 0. The van der Waals surface area contributed by atoms with E-state index in [-0.39, 0.29) is 18.4 Å². The van der Waals surface area contributed by atoms with Crippen LogP contribution in [0, 0.1) is 13.8 Å². The van der Waals surface area contributed by atoms with Gasteiger partial charge in [0.05, 0.1) is 13.2 Å². The summed E-state index contributed by atoms with van der Waals surface area (Å²) >= 11 is 0. The largest absolute Gasteiger partial charge is 0.362 e. The molecule has 1 aliphatic heterocycles. The van der Waals surface area contributed by atoms with Crippen LogP contribution >= 0.6 is 0 Å². The zero-order valence-electron chi connectivity index (χ0n) is 14.3. The molecule has 0 saturated carbocycles. The van der Waals surface area contributed by atoms with Gasteiger partial charge in [-0.05, 0) is 26.8 Å². The lowest BCUT2D eigenvalue weighted by atomic mass is 10.0. The number of carbonyl (C=O) groups excluding carboxylic acids is 2. The van der Waals surface area contributed by atoms with Crippen LogP contribution in [0.2, 0.25) is 0 Å². The van der Waals surface area contributed by atoms with E-state index < -0.39 is 5.60 Å². The van der Waals surface area contributed by atoms with E-state index in [2.05, 4.69) is 15.4 Å². The summed E-state index contributed by atoms with van der Waals surface area (Å²) in [5.41, 5.74) is 1.69. The van der Waals surface area contributed by atoms with Gasteiger partial charge in [0.1, 0.15) is 0 Å². The van der Waals surface area contributed by atoms with Crippen molar-refractivity contribution >= 4 is 17.5 Å². The highest BCUT2D eigenvalue weighted by Gasteiger charge is 2.40. The number of likely N-dealkylation sites (N-methyl/N-ethyl adjacent to an activating group) is 1. The Kier molecular flexibility index (Phi) is 4.00. The van der Waals surface area contributed by atoms with Crippen molar-refractivity contribution in [2.75, 3.05) is 26.7 Å². The molecule has 0 unspecified atom stereocenters. The number of nitrogens with one attached hydrogen (secondary N) is 1. The number of ether oxygens (including phenoxy) is 1. The van der Waals surface area contributed by atoms with Gasteiger partial charge in [-0.25, -0.2) is 9.50 Å². The maximum absolute atomic E-state index is 12.8. The Morgan fingerprint density at radius 2 is 2.08 bits per heavy atom. The van der Waals surface area contributed by atoms with Crippen LogP contribution in [-0.4, -0.2) is 63.7 Å². The van der Waals surface area contributed by atoms with E-state index in [1.54, 1.807) is 29.5 Å². The molecule has 3 rings (SSSR count). The summed E-state index contributed by atoms with van der Waals surface area (Å²) < 4.78 is 7.24. The number of fused-ring (bicyclic) bond motifs is 1. The number of aromatic nitrogens is 3. The van der Waals surface area contributed by atoms with Crippen LogP contribution in [0.15, 0.2) is 12.1 Å². The molecule has 8 nitrogen and oxygen atoms in total. The Morgan fingerprint density at radius 1 is 1.33 bits per heavy atom. The third kappa shape index (κ3) is 2.73.